The molecule has 2 heterocycles. The average Bonchev–Trinajstić information content (AvgIpc) is 2.59. The Bertz CT molecular complexity index is 874. The van der Waals surface area contributed by atoms with Crippen LogP contribution >= 0.6 is 18.6 Å². The van der Waals surface area contributed by atoms with Crippen LogP contribution in [0, 0.1) is 0 Å². The van der Waals surface area contributed by atoms with Gasteiger partial charge in [-0.2, -0.15) is 0 Å². The number of hydrogen-bond donors (Lipinski definition) is 0. The summed E-state index contributed by atoms with van der Waals surface area (Å²) in [6.07, 6.45) is -0.0602. The molecule has 0 fully saturated rings. The Kier molecular flexibility index (Phi) is 3.02. The summed E-state index contributed by atoms with van der Waals surface area (Å²) < 4.78 is 23.2. The summed E-state index contributed by atoms with van der Waals surface area (Å²) >= 11 is 6.15. The molecule has 0 saturated heterocycles. The van der Waals surface area contributed by atoms with Gasteiger partial charge in [-0.25, -0.2) is 0 Å². The zero-order valence-electron chi connectivity index (χ0n) is 11.2. The zero-order valence-corrected chi connectivity index (χ0v) is 12.9. The molecule has 1 aromatic heterocycles. The van der Waals surface area contributed by atoms with Crippen molar-refractivity contribution >= 4 is 40.5 Å². The summed E-state index contributed by atoms with van der Waals surface area (Å²) in [5.74, 6) is 1.50. The SMILES string of the molecule is C[C@H]1COc2cccc3op(Cl)oc4cccc(c4c23)O1. The maximum atomic E-state index is 6.15. The van der Waals surface area contributed by atoms with Crippen molar-refractivity contribution in [1.29, 1.82) is 0 Å². The van der Waals surface area contributed by atoms with Crippen LogP contribution < -0.4 is 9.47 Å². The van der Waals surface area contributed by atoms with Crippen molar-refractivity contribution < 1.29 is 17.9 Å². The van der Waals surface area contributed by atoms with Gasteiger partial charge >= 0.3 is 7.37 Å². The lowest BCUT2D eigenvalue weighted by Crippen LogP contribution is -2.22. The normalized spacial score (nSPS) is 18.0. The molecule has 4 rings (SSSR count). The fourth-order valence-electron chi connectivity index (χ4n) is 2.52. The second-order valence-electron chi connectivity index (χ2n) is 4.89. The van der Waals surface area contributed by atoms with Gasteiger partial charge in [0, 0.05) is 11.2 Å². The predicted molar refractivity (Wildman–Crippen MR) is 83.2 cm³/mol. The molecule has 1 aliphatic heterocycles. The maximum Gasteiger partial charge on any atom is 0.327 e. The van der Waals surface area contributed by atoms with Crippen molar-refractivity contribution in [2.75, 3.05) is 6.61 Å². The molecule has 2 aromatic carbocycles. The van der Waals surface area contributed by atoms with E-state index in [0.717, 1.165) is 22.3 Å². The van der Waals surface area contributed by atoms with Crippen molar-refractivity contribution in [1.82, 2.24) is 0 Å². The third-order valence-corrected chi connectivity index (χ3v) is 4.46. The van der Waals surface area contributed by atoms with Crippen LogP contribution in [0.4, 0.5) is 0 Å². The molecule has 1 unspecified atom stereocenters. The Labute approximate surface area is 126 Å². The quantitative estimate of drug-likeness (QED) is 0.552. The molecule has 2 atom stereocenters. The maximum absolute atomic E-state index is 6.15. The van der Waals surface area contributed by atoms with E-state index in [2.05, 4.69) is 0 Å². The van der Waals surface area contributed by atoms with E-state index < -0.39 is 7.37 Å². The van der Waals surface area contributed by atoms with Gasteiger partial charge in [0.25, 0.3) is 0 Å². The molecule has 21 heavy (non-hydrogen) atoms. The Morgan fingerprint density at radius 1 is 1.00 bits per heavy atom. The van der Waals surface area contributed by atoms with Crippen LogP contribution in [0.25, 0.3) is 21.9 Å². The Balaban J connectivity index is 2.30. The number of hydrogen-bond acceptors (Lipinski definition) is 4. The molecule has 4 nitrogen and oxygen atoms in total. The molecule has 0 aliphatic carbocycles. The van der Waals surface area contributed by atoms with Crippen LogP contribution in [0.1, 0.15) is 6.92 Å². The van der Waals surface area contributed by atoms with E-state index in [-0.39, 0.29) is 6.10 Å². The molecule has 0 spiro atoms. The lowest BCUT2D eigenvalue weighted by molar-refractivity contribution is 0.144. The molecule has 1 aliphatic rings. The number of ether oxygens (including phenoxy) is 2. The molecule has 0 amide bonds. The van der Waals surface area contributed by atoms with E-state index in [1.54, 1.807) is 0 Å². The van der Waals surface area contributed by atoms with Crippen LogP contribution in [0.15, 0.2) is 44.8 Å². The van der Waals surface area contributed by atoms with E-state index in [1.807, 2.05) is 43.3 Å². The van der Waals surface area contributed by atoms with Crippen molar-refractivity contribution in [2.45, 2.75) is 13.0 Å². The Morgan fingerprint density at radius 2 is 1.62 bits per heavy atom. The van der Waals surface area contributed by atoms with Gasteiger partial charge in [-0.15, -0.1) is 0 Å². The van der Waals surface area contributed by atoms with Gasteiger partial charge in [0.05, 0.1) is 10.8 Å². The van der Waals surface area contributed by atoms with Crippen molar-refractivity contribution in [3.63, 3.8) is 0 Å². The van der Waals surface area contributed by atoms with Gasteiger partial charge in [-0.3, -0.25) is 0 Å². The second-order valence-corrected chi connectivity index (χ2v) is 6.51. The first-order valence-corrected chi connectivity index (χ1v) is 8.68. The van der Waals surface area contributed by atoms with Crippen LogP contribution in [0.3, 0.4) is 0 Å². The van der Waals surface area contributed by atoms with Crippen LogP contribution in [-0.4, -0.2) is 12.7 Å². The lowest BCUT2D eigenvalue weighted by atomic mass is 10.1. The minimum Gasteiger partial charge on any atom is -0.489 e. The number of halogens is 1. The van der Waals surface area contributed by atoms with Crippen LogP contribution in [0.5, 0.6) is 11.5 Å². The first-order valence-electron chi connectivity index (χ1n) is 6.60. The summed E-state index contributed by atoms with van der Waals surface area (Å²) in [5.41, 5.74) is 1.30. The monoisotopic (exact) mass is 322 g/mol. The predicted octanol–water partition coefficient (Wildman–Crippen LogP) is 5.45. The van der Waals surface area contributed by atoms with Crippen molar-refractivity contribution in [2.24, 2.45) is 0 Å². The molecular weight excluding hydrogens is 311 g/mol. The van der Waals surface area contributed by atoms with Gasteiger partial charge in [-0.1, -0.05) is 12.1 Å². The van der Waals surface area contributed by atoms with Crippen LogP contribution in [0.2, 0.25) is 0 Å². The third-order valence-electron chi connectivity index (χ3n) is 3.37. The Morgan fingerprint density at radius 3 is 2.33 bits per heavy atom. The largest absolute Gasteiger partial charge is 0.489 e. The highest BCUT2D eigenvalue weighted by molar-refractivity contribution is 7.68. The molecule has 0 radical (unpaired) electrons. The fourth-order valence-corrected chi connectivity index (χ4v) is 3.61. The van der Waals surface area contributed by atoms with E-state index in [1.165, 1.54) is 0 Å². The minimum absolute atomic E-state index is 0.0602. The summed E-state index contributed by atoms with van der Waals surface area (Å²) in [6, 6.07) is 11.3. The van der Waals surface area contributed by atoms with Crippen molar-refractivity contribution in [3.05, 3.63) is 36.4 Å². The van der Waals surface area contributed by atoms with Crippen LogP contribution in [-0.2, 0) is 0 Å². The first kappa shape index (κ1) is 12.9. The van der Waals surface area contributed by atoms with E-state index >= 15 is 0 Å². The molecular formula is C15H12ClO4P. The van der Waals surface area contributed by atoms with E-state index in [9.17, 15) is 0 Å². The van der Waals surface area contributed by atoms with Gasteiger partial charge < -0.3 is 17.9 Å². The lowest BCUT2D eigenvalue weighted by Gasteiger charge is -2.20. The highest BCUT2D eigenvalue weighted by Crippen LogP contribution is 2.44. The molecule has 0 saturated carbocycles. The third kappa shape index (κ3) is 2.15. The highest BCUT2D eigenvalue weighted by Gasteiger charge is 2.19. The molecule has 3 aromatic rings. The fraction of sp³-hybridized carbons (Fsp3) is 0.200. The van der Waals surface area contributed by atoms with E-state index in [0.29, 0.717) is 17.8 Å². The molecule has 108 valence electrons. The summed E-state index contributed by atoms with van der Waals surface area (Å²) in [4.78, 5) is 0. The van der Waals surface area contributed by atoms with Gasteiger partial charge in [0.1, 0.15) is 35.4 Å². The summed E-state index contributed by atoms with van der Waals surface area (Å²) in [6.45, 7) is 2.44. The number of rotatable bonds is 0. The van der Waals surface area contributed by atoms with Crippen molar-refractivity contribution in [3.8, 4) is 11.5 Å². The van der Waals surface area contributed by atoms with Gasteiger partial charge in [0.15, 0.2) is 0 Å². The first-order chi connectivity index (χ1) is 10.2. The summed E-state index contributed by atoms with van der Waals surface area (Å²) in [5, 5.41) is 1.67. The number of benzene rings is 2. The molecule has 6 heteroatoms. The minimum atomic E-state index is -1.56. The Hall–Kier alpha value is -1.77. The topological polar surface area (TPSA) is 44.7 Å². The second kappa shape index (κ2) is 4.90. The molecule has 0 bridgehead atoms. The standard InChI is InChI=1S/C15H12ClO4P/c1-9-8-17-10-4-2-6-12-14(10)15-11(18-9)5-3-7-13(15)20-21(16)19-12/h2-7,9H,8H2,1H3/t9-,21?/m0/s1. The summed E-state index contributed by atoms with van der Waals surface area (Å²) in [7, 11) is -1.56. The van der Waals surface area contributed by atoms with Gasteiger partial charge in [0.2, 0.25) is 0 Å². The zero-order chi connectivity index (χ0) is 14.4. The molecule has 0 N–H and O–H groups in total. The van der Waals surface area contributed by atoms with Gasteiger partial charge in [-0.05, 0) is 31.2 Å². The van der Waals surface area contributed by atoms with E-state index in [4.69, 9.17) is 29.1 Å². The highest BCUT2D eigenvalue weighted by atomic mass is 35.7. The average molecular weight is 323 g/mol. The smallest absolute Gasteiger partial charge is 0.327 e.